The summed E-state index contributed by atoms with van der Waals surface area (Å²) in [7, 11) is 1.34. The molecular weight excluding hydrogens is 271 g/mol. The summed E-state index contributed by atoms with van der Waals surface area (Å²) < 4.78 is 18.3. The minimum absolute atomic E-state index is 0.0391. The van der Waals surface area contributed by atoms with Gasteiger partial charge in [-0.1, -0.05) is 31.9 Å². The molecule has 0 fully saturated rings. The van der Waals surface area contributed by atoms with E-state index in [2.05, 4.69) is 6.92 Å². The SMILES string of the molecule is CCCCC/C=C\C(=O)/C=C/c1cc(F)c(O)c(OC)c1. The van der Waals surface area contributed by atoms with Crippen molar-refractivity contribution >= 4 is 11.9 Å². The third-order valence-corrected chi connectivity index (χ3v) is 2.97. The maximum Gasteiger partial charge on any atom is 0.194 e. The van der Waals surface area contributed by atoms with Gasteiger partial charge in [-0.25, -0.2) is 4.39 Å². The van der Waals surface area contributed by atoms with Crippen molar-refractivity contribution in [3.05, 3.63) is 41.7 Å². The Morgan fingerprint density at radius 1 is 1.33 bits per heavy atom. The van der Waals surface area contributed by atoms with E-state index in [9.17, 15) is 14.3 Å². The van der Waals surface area contributed by atoms with Gasteiger partial charge in [-0.05, 0) is 42.7 Å². The molecule has 0 bridgehead atoms. The van der Waals surface area contributed by atoms with Crippen LogP contribution in [0.5, 0.6) is 11.5 Å². The first-order valence-corrected chi connectivity index (χ1v) is 7.03. The quantitative estimate of drug-likeness (QED) is 0.575. The number of carbonyl (C=O) groups excluding carboxylic acids is 1. The van der Waals surface area contributed by atoms with E-state index in [4.69, 9.17) is 4.74 Å². The van der Waals surface area contributed by atoms with E-state index >= 15 is 0 Å². The summed E-state index contributed by atoms with van der Waals surface area (Å²) >= 11 is 0. The molecule has 0 aromatic heterocycles. The Hall–Kier alpha value is -2.10. The van der Waals surface area contributed by atoms with Crippen molar-refractivity contribution in [3.8, 4) is 11.5 Å². The molecule has 0 saturated carbocycles. The predicted octanol–water partition coefficient (Wildman–Crippen LogP) is 4.26. The van der Waals surface area contributed by atoms with Crippen molar-refractivity contribution in [1.82, 2.24) is 0 Å². The molecule has 0 aliphatic rings. The zero-order valence-electron chi connectivity index (χ0n) is 12.4. The second-order valence-corrected chi connectivity index (χ2v) is 4.69. The predicted molar refractivity (Wildman–Crippen MR) is 81.9 cm³/mol. The van der Waals surface area contributed by atoms with Crippen molar-refractivity contribution < 1.29 is 19.0 Å². The fourth-order valence-electron chi connectivity index (χ4n) is 1.79. The molecule has 4 heteroatoms. The minimum atomic E-state index is -0.781. The van der Waals surface area contributed by atoms with Crippen LogP contribution in [0.1, 0.15) is 38.2 Å². The third-order valence-electron chi connectivity index (χ3n) is 2.97. The van der Waals surface area contributed by atoms with Crippen molar-refractivity contribution in [2.45, 2.75) is 32.6 Å². The summed E-state index contributed by atoms with van der Waals surface area (Å²) in [5.74, 6) is -1.43. The Morgan fingerprint density at radius 2 is 2.10 bits per heavy atom. The zero-order chi connectivity index (χ0) is 15.7. The average molecular weight is 292 g/mol. The van der Waals surface area contributed by atoms with Crippen LogP contribution in [0.4, 0.5) is 4.39 Å². The van der Waals surface area contributed by atoms with Crippen LogP contribution in [-0.2, 0) is 4.79 Å². The number of halogens is 1. The van der Waals surface area contributed by atoms with Crippen molar-refractivity contribution in [3.63, 3.8) is 0 Å². The largest absolute Gasteiger partial charge is 0.502 e. The first-order chi connectivity index (χ1) is 10.1. The Bertz CT molecular complexity index is 533. The molecule has 114 valence electrons. The Kier molecular flexibility index (Phi) is 7.23. The van der Waals surface area contributed by atoms with E-state index in [1.807, 2.05) is 6.08 Å². The first-order valence-electron chi connectivity index (χ1n) is 7.03. The molecule has 0 atom stereocenters. The van der Waals surface area contributed by atoms with Gasteiger partial charge in [-0.2, -0.15) is 0 Å². The first kappa shape index (κ1) is 17.0. The number of ether oxygens (including phenoxy) is 1. The number of rotatable bonds is 8. The molecule has 1 N–H and O–H groups in total. The number of hydrogen-bond donors (Lipinski definition) is 1. The highest BCUT2D eigenvalue weighted by Crippen LogP contribution is 2.30. The van der Waals surface area contributed by atoms with E-state index in [1.54, 1.807) is 0 Å². The Balaban J connectivity index is 2.64. The lowest BCUT2D eigenvalue weighted by molar-refractivity contribution is -0.110. The van der Waals surface area contributed by atoms with E-state index in [0.29, 0.717) is 5.56 Å². The number of benzene rings is 1. The number of methoxy groups -OCH3 is 1. The highest BCUT2D eigenvalue weighted by Gasteiger charge is 2.08. The molecule has 0 aliphatic heterocycles. The number of aromatic hydroxyl groups is 1. The normalized spacial score (nSPS) is 11.4. The van der Waals surface area contributed by atoms with Gasteiger partial charge in [0.05, 0.1) is 7.11 Å². The van der Waals surface area contributed by atoms with Gasteiger partial charge in [0.2, 0.25) is 0 Å². The topological polar surface area (TPSA) is 46.5 Å². The molecule has 0 radical (unpaired) electrons. The van der Waals surface area contributed by atoms with Crippen molar-refractivity contribution in [1.29, 1.82) is 0 Å². The molecule has 0 amide bonds. The van der Waals surface area contributed by atoms with Gasteiger partial charge in [0, 0.05) is 0 Å². The molecule has 0 aliphatic carbocycles. The maximum absolute atomic E-state index is 13.4. The fraction of sp³-hybridized carbons (Fsp3) is 0.353. The van der Waals surface area contributed by atoms with E-state index in [0.717, 1.165) is 31.7 Å². The van der Waals surface area contributed by atoms with Crippen molar-refractivity contribution in [2.75, 3.05) is 7.11 Å². The molecule has 0 unspecified atom stereocenters. The van der Waals surface area contributed by atoms with Gasteiger partial charge in [0.1, 0.15) is 0 Å². The lowest BCUT2D eigenvalue weighted by Gasteiger charge is -2.05. The van der Waals surface area contributed by atoms with Crippen LogP contribution in [0.2, 0.25) is 0 Å². The summed E-state index contributed by atoms with van der Waals surface area (Å²) in [6, 6.07) is 2.61. The third kappa shape index (κ3) is 5.81. The van der Waals surface area contributed by atoms with Gasteiger partial charge >= 0.3 is 0 Å². The van der Waals surface area contributed by atoms with Crippen LogP contribution in [0.15, 0.2) is 30.4 Å². The van der Waals surface area contributed by atoms with Gasteiger partial charge in [-0.15, -0.1) is 0 Å². The number of carbonyl (C=O) groups is 1. The molecule has 3 nitrogen and oxygen atoms in total. The number of hydrogen-bond acceptors (Lipinski definition) is 3. The molecule has 1 aromatic rings. The van der Waals surface area contributed by atoms with Gasteiger partial charge in [-0.3, -0.25) is 4.79 Å². The van der Waals surface area contributed by atoms with Crippen LogP contribution in [-0.4, -0.2) is 18.0 Å². The summed E-state index contributed by atoms with van der Waals surface area (Å²) in [6.07, 6.45) is 10.5. The molecule has 21 heavy (non-hydrogen) atoms. The number of phenols is 1. The lowest BCUT2D eigenvalue weighted by atomic mass is 10.1. The number of ketones is 1. The Labute approximate surface area is 124 Å². The molecule has 0 spiro atoms. The highest BCUT2D eigenvalue weighted by atomic mass is 19.1. The van der Waals surface area contributed by atoms with Crippen LogP contribution in [0.3, 0.4) is 0 Å². The van der Waals surface area contributed by atoms with Gasteiger partial charge in [0.25, 0.3) is 0 Å². The second kappa shape index (κ2) is 8.95. The molecular formula is C17H21FO3. The number of phenolic OH excluding ortho intramolecular Hbond substituents is 1. The van der Waals surface area contributed by atoms with Gasteiger partial charge < -0.3 is 9.84 Å². The molecule has 1 rings (SSSR count). The standard InChI is InChI=1S/C17H21FO3/c1-3-4-5-6-7-8-14(19)10-9-13-11-15(18)17(20)16(12-13)21-2/h7-12,20H,3-6H2,1-2H3/b8-7-,10-9+. The van der Waals surface area contributed by atoms with Crippen LogP contribution >= 0.6 is 0 Å². The number of unbranched alkanes of at least 4 members (excludes halogenated alkanes) is 3. The summed E-state index contributed by atoms with van der Waals surface area (Å²) in [5, 5.41) is 9.38. The van der Waals surface area contributed by atoms with E-state index < -0.39 is 11.6 Å². The summed E-state index contributed by atoms with van der Waals surface area (Å²) in [4.78, 5) is 11.6. The zero-order valence-corrected chi connectivity index (χ0v) is 12.4. The summed E-state index contributed by atoms with van der Waals surface area (Å²) in [5.41, 5.74) is 0.454. The average Bonchev–Trinajstić information content (AvgIpc) is 2.48. The monoisotopic (exact) mass is 292 g/mol. The lowest BCUT2D eigenvalue weighted by Crippen LogP contribution is -1.89. The van der Waals surface area contributed by atoms with Crippen LogP contribution < -0.4 is 4.74 Å². The fourth-order valence-corrected chi connectivity index (χ4v) is 1.79. The smallest absolute Gasteiger partial charge is 0.194 e. The molecule has 0 saturated heterocycles. The van der Waals surface area contributed by atoms with Crippen molar-refractivity contribution in [2.24, 2.45) is 0 Å². The van der Waals surface area contributed by atoms with E-state index in [-0.39, 0.29) is 11.5 Å². The summed E-state index contributed by atoms with van der Waals surface area (Å²) in [6.45, 7) is 2.13. The van der Waals surface area contributed by atoms with Crippen LogP contribution in [0.25, 0.3) is 6.08 Å². The number of allylic oxidation sites excluding steroid dienone is 3. The van der Waals surface area contributed by atoms with Crippen LogP contribution in [0, 0.1) is 5.82 Å². The highest BCUT2D eigenvalue weighted by molar-refractivity contribution is 6.01. The van der Waals surface area contributed by atoms with E-state index in [1.165, 1.54) is 31.4 Å². The molecule has 0 heterocycles. The molecule has 1 aromatic carbocycles. The minimum Gasteiger partial charge on any atom is -0.502 e. The van der Waals surface area contributed by atoms with Gasteiger partial charge in [0.15, 0.2) is 23.1 Å². The Morgan fingerprint density at radius 3 is 2.76 bits per heavy atom. The maximum atomic E-state index is 13.4. The second-order valence-electron chi connectivity index (χ2n) is 4.69.